The zero-order chi connectivity index (χ0) is 18.5. The molecule has 1 amide bonds. The molecular formula is C20H27N3O2S. The summed E-state index contributed by atoms with van der Waals surface area (Å²) in [4.78, 5) is 19.2. The number of ether oxygens (including phenoxy) is 1. The summed E-state index contributed by atoms with van der Waals surface area (Å²) in [5.74, 6) is 0.958. The molecular weight excluding hydrogens is 346 g/mol. The molecule has 1 aromatic heterocycles. The molecule has 0 radical (unpaired) electrons. The number of amides is 1. The molecule has 1 fully saturated rings. The van der Waals surface area contributed by atoms with Gasteiger partial charge in [-0.1, -0.05) is 17.7 Å². The molecule has 1 aromatic carbocycles. The van der Waals surface area contributed by atoms with E-state index >= 15 is 0 Å². The van der Waals surface area contributed by atoms with E-state index in [0.717, 1.165) is 42.3 Å². The SMILES string of the molecule is Cc1ccc(OCc2nc(CC(=O)N3CCCCC3C(C)N)cs2)cc1. The number of carbonyl (C=O) groups excluding carboxylic acids is 1. The van der Waals surface area contributed by atoms with Crippen LogP contribution in [0.5, 0.6) is 5.75 Å². The number of aryl methyl sites for hydroxylation is 1. The van der Waals surface area contributed by atoms with E-state index in [2.05, 4.69) is 4.98 Å². The normalized spacial score (nSPS) is 18.6. The first kappa shape index (κ1) is 18.9. The fourth-order valence-corrected chi connectivity index (χ4v) is 4.05. The molecule has 2 N–H and O–H groups in total. The molecule has 26 heavy (non-hydrogen) atoms. The Kier molecular flexibility index (Phi) is 6.27. The van der Waals surface area contributed by atoms with Crippen molar-refractivity contribution in [2.45, 2.75) is 58.2 Å². The van der Waals surface area contributed by atoms with Gasteiger partial charge in [-0.05, 0) is 45.2 Å². The second-order valence-corrected chi connectivity index (χ2v) is 7.96. The predicted molar refractivity (Wildman–Crippen MR) is 104 cm³/mol. The second-order valence-electron chi connectivity index (χ2n) is 7.02. The van der Waals surface area contributed by atoms with Gasteiger partial charge in [0.1, 0.15) is 17.4 Å². The zero-order valence-corrected chi connectivity index (χ0v) is 16.3. The lowest BCUT2D eigenvalue weighted by Gasteiger charge is -2.38. The van der Waals surface area contributed by atoms with Crippen LogP contribution in [0.15, 0.2) is 29.6 Å². The Bertz CT molecular complexity index is 727. The van der Waals surface area contributed by atoms with Gasteiger partial charge in [0.15, 0.2) is 0 Å². The lowest BCUT2D eigenvalue weighted by atomic mass is 9.96. The number of hydrogen-bond donors (Lipinski definition) is 1. The molecule has 2 atom stereocenters. The van der Waals surface area contributed by atoms with Crippen LogP contribution in [0.25, 0.3) is 0 Å². The van der Waals surface area contributed by atoms with Gasteiger partial charge in [0, 0.05) is 24.0 Å². The largest absolute Gasteiger partial charge is 0.486 e. The summed E-state index contributed by atoms with van der Waals surface area (Å²) in [5, 5.41) is 2.84. The average molecular weight is 374 g/mol. The summed E-state index contributed by atoms with van der Waals surface area (Å²) in [5.41, 5.74) is 8.09. The quantitative estimate of drug-likeness (QED) is 0.843. The van der Waals surface area contributed by atoms with Gasteiger partial charge in [-0.2, -0.15) is 0 Å². The number of rotatable bonds is 6. The van der Waals surface area contributed by atoms with E-state index in [9.17, 15) is 4.79 Å². The maximum atomic E-state index is 12.7. The van der Waals surface area contributed by atoms with Gasteiger partial charge in [0.05, 0.1) is 12.1 Å². The Morgan fingerprint density at radius 2 is 2.15 bits per heavy atom. The maximum absolute atomic E-state index is 12.7. The average Bonchev–Trinajstić information content (AvgIpc) is 3.08. The molecule has 0 spiro atoms. The molecule has 1 saturated heterocycles. The summed E-state index contributed by atoms with van der Waals surface area (Å²) in [6.45, 7) is 5.26. The number of nitrogens with zero attached hydrogens (tertiary/aromatic N) is 2. The zero-order valence-electron chi connectivity index (χ0n) is 15.5. The highest BCUT2D eigenvalue weighted by atomic mass is 32.1. The molecule has 2 unspecified atom stereocenters. The van der Waals surface area contributed by atoms with Gasteiger partial charge in [-0.3, -0.25) is 4.79 Å². The molecule has 6 heteroatoms. The van der Waals surface area contributed by atoms with E-state index in [1.54, 1.807) is 0 Å². The minimum absolute atomic E-state index is 0.00755. The Balaban J connectivity index is 1.55. The topological polar surface area (TPSA) is 68.5 Å². The molecule has 3 rings (SSSR count). The van der Waals surface area contributed by atoms with Crippen molar-refractivity contribution in [1.82, 2.24) is 9.88 Å². The maximum Gasteiger partial charge on any atom is 0.228 e. The fraction of sp³-hybridized carbons (Fsp3) is 0.500. The van der Waals surface area contributed by atoms with Crippen molar-refractivity contribution in [2.24, 2.45) is 5.73 Å². The predicted octanol–water partition coefficient (Wildman–Crippen LogP) is 3.30. The van der Waals surface area contributed by atoms with Gasteiger partial charge in [-0.15, -0.1) is 11.3 Å². The molecule has 0 saturated carbocycles. The Labute approximate surface area is 159 Å². The summed E-state index contributed by atoms with van der Waals surface area (Å²) in [6, 6.07) is 8.12. The van der Waals surface area contributed by atoms with Crippen molar-refractivity contribution in [1.29, 1.82) is 0 Å². The number of thiazole rings is 1. The molecule has 2 aromatic rings. The second kappa shape index (κ2) is 8.64. The van der Waals surface area contributed by atoms with Crippen molar-refractivity contribution < 1.29 is 9.53 Å². The Morgan fingerprint density at radius 1 is 1.38 bits per heavy atom. The summed E-state index contributed by atoms with van der Waals surface area (Å²) >= 11 is 1.54. The lowest BCUT2D eigenvalue weighted by Crippen LogP contribution is -2.52. The number of piperidine rings is 1. The van der Waals surface area contributed by atoms with Gasteiger partial charge < -0.3 is 15.4 Å². The van der Waals surface area contributed by atoms with E-state index in [4.69, 9.17) is 10.5 Å². The number of aromatic nitrogens is 1. The standard InChI is InChI=1S/C20H27N3O2S/c1-14-6-8-17(9-7-14)25-12-19-22-16(13-26-19)11-20(24)23-10-4-3-5-18(23)15(2)21/h6-9,13,15,18H,3-5,10-12,21H2,1-2H3. The van der Waals surface area contributed by atoms with Crippen molar-refractivity contribution in [3.8, 4) is 5.75 Å². The highest BCUT2D eigenvalue weighted by Gasteiger charge is 2.29. The number of carbonyl (C=O) groups is 1. The summed E-state index contributed by atoms with van der Waals surface area (Å²) < 4.78 is 5.77. The number of hydrogen-bond acceptors (Lipinski definition) is 5. The third kappa shape index (κ3) is 4.83. The van der Waals surface area contributed by atoms with Crippen molar-refractivity contribution in [2.75, 3.05) is 6.54 Å². The molecule has 2 heterocycles. The molecule has 1 aliphatic rings. The number of benzene rings is 1. The first-order valence-corrected chi connectivity index (χ1v) is 10.1. The fourth-order valence-electron chi connectivity index (χ4n) is 3.35. The number of nitrogens with two attached hydrogens (primary N) is 1. The highest BCUT2D eigenvalue weighted by molar-refractivity contribution is 7.09. The van der Waals surface area contributed by atoms with Crippen molar-refractivity contribution in [3.05, 3.63) is 45.9 Å². The minimum atomic E-state index is 0.00755. The van der Waals surface area contributed by atoms with Gasteiger partial charge in [-0.25, -0.2) is 4.98 Å². The first-order chi connectivity index (χ1) is 12.5. The van der Waals surface area contributed by atoms with Gasteiger partial charge >= 0.3 is 0 Å². The van der Waals surface area contributed by atoms with Crippen molar-refractivity contribution >= 4 is 17.2 Å². The van der Waals surface area contributed by atoms with Crippen LogP contribution in [-0.4, -0.2) is 34.4 Å². The smallest absolute Gasteiger partial charge is 0.228 e. The van der Waals surface area contributed by atoms with Gasteiger partial charge in [0.25, 0.3) is 0 Å². The van der Waals surface area contributed by atoms with E-state index in [0.29, 0.717) is 13.0 Å². The van der Waals surface area contributed by atoms with E-state index in [1.165, 1.54) is 16.9 Å². The first-order valence-electron chi connectivity index (χ1n) is 9.20. The summed E-state index contributed by atoms with van der Waals surface area (Å²) in [6.07, 6.45) is 3.54. The van der Waals surface area contributed by atoms with Crippen LogP contribution < -0.4 is 10.5 Å². The van der Waals surface area contributed by atoms with E-state index in [-0.39, 0.29) is 18.0 Å². The third-order valence-electron chi connectivity index (χ3n) is 4.79. The Hall–Kier alpha value is -1.92. The molecule has 140 valence electrons. The van der Waals surface area contributed by atoms with Crippen LogP contribution in [0.3, 0.4) is 0 Å². The lowest BCUT2D eigenvalue weighted by molar-refractivity contribution is -0.134. The molecule has 1 aliphatic heterocycles. The number of likely N-dealkylation sites (tertiary alicyclic amines) is 1. The van der Waals surface area contributed by atoms with Crippen LogP contribution in [0, 0.1) is 6.92 Å². The molecule has 5 nitrogen and oxygen atoms in total. The van der Waals surface area contributed by atoms with Gasteiger partial charge in [0.2, 0.25) is 5.91 Å². The van der Waals surface area contributed by atoms with Crippen molar-refractivity contribution in [3.63, 3.8) is 0 Å². The Morgan fingerprint density at radius 3 is 2.88 bits per heavy atom. The van der Waals surface area contributed by atoms with E-state index in [1.807, 2.05) is 48.4 Å². The summed E-state index contributed by atoms with van der Waals surface area (Å²) in [7, 11) is 0. The minimum Gasteiger partial charge on any atom is -0.486 e. The van der Waals surface area contributed by atoms with Crippen LogP contribution in [0.1, 0.15) is 42.5 Å². The van der Waals surface area contributed by atoms with Crippen LogP contribution in [-0.2, 0) is 17.8 Å². The van der Waals surface area contributed by atoms with Crippen LogP contribution in [0.2, 0.25) is 0 Å². The monoisotopic (exact) mass is 373 g/mol. The van der Waals surface area contributed by atoms with Crippen LogP contribution >= 0.6 is 11.3 Å². The highest BCUT2D eigenvalue weighted by Crippen LogP contribution is 2.21. The molecule has 0 aliphatic carbocycles. The molecule has 0 bridgehead atoms. The van der Waals surface area contributed by atoms with Crippen LogP contribution in [0.4, 0.5) is 0 Å². The third-order valence-corrected chi connectivity index (χ3v) is 5.66. The van der Waals surface area contributed by atoms with E-state index < -0.39 is 0 Å².